The summed E-state index contributed by atoms with van der Waals surface area (Å²) < 4.78 is 1.07. The van der Waals surface area contributed by atoms with E-state index in [2.05, 4.69) is 40.3 Å². The van der Waals surface area contributed by atoms with E-state index in [1.165, 1.54) is 37.7 Å². The molecule has 1 aromatic carbocycles. The van der Waals surface area contributed by atoms with Crippen molar-refractivity contribution in [2.75, 3.05) is 13.1 Å². The van der Waals surface area contributed by atoms with Gasteiger partial charge in [0.2, 0.25) is 0 Å². The van der Waals surface area contributed by atoms with E-state index in [4.69, 9.17) is 11.6 Å². The fourth-order valence-electron chi connectivity index (χ4n) is 3.30. The van der Waals surface area contributed by atoms with Crippen molar-refractivity contribution in [3.8, 4) is 0 Å². The van der Waals surface area contributed by atoms with E-state index < -0.39 is 0 Å². The average molecular weight is 359 g/mol. The van der Waals surface area contributed by atoms with E-state index in [0.29, 0.717) is 0 Å². The summed E-state index contributed by atoms with van der Waals surface area (Å²) in [6.07, 6.45) is 8.01. The lowest BCUT2D eigenvalue weighted by atomic mass is 9.83. The quantitative estimate of drug-likeness (QED) is 0.690. The van der Waals surface area contributed by atoms with Crippen LogP contribution in [0.5, 0.6) is 0 Å². The van der Waals surface area contributed by atoms with Gasteiger partial charge in [-0.15, -0.1) is 0 Å². The van der Waals surface area contributed by atoms with Gasteiger partial charge < -0.3 is 5.32 Å². The Morgan fingerprint density at radius 2 is 1.95 bits per heavy atom. The van der Waals surface area contributed by atoms with E-state index in [1.54, 1.807) is 0 Å². The van der Waals surface area contributed by atoms with Gasteiger partial charge in [-0.3, -0.25) is 0 Å². The molecule has 0 aliphatic heterocycles. The summed E-state index contributed by atoms with van der Waals surface area (Å²) in [6, 6.07) is 6.31. The number of hydrogen-bond acceptors (Lipinski definition) is 1. The topological polar surface area (TPSA) is 12.0 Å². The van der Waals surface area contributed by atoms with Crippen LogP contribution in [-0.2, 0) is 6.42 Å². The lowest BCUT2D eigenvalue weighted by Gasteiger charge is -2.26. The van der Waals surface area contributed by atoms with Gasteiger partial charge >= 0.3 is 0 Å². The van der Waals surface area contributed by atoms with E-state index in [-0.39, 0.29) is 0 Å². The second-order valence-electron chi connectivity index (χ2n) is 5.91. The summed E-state index contributed by atoms with van der Waals surface area (Å²) in [5.74, 6) is 1.58. The molecule has 0 aromatic heterocycles. The van der Waals surface area contributed by atoms with E-state index in [9.17, 15) is 0 Å². The molecule has 2 atom stereocenters. The summed E-state index contributed by atoms with van der Waals surface area (Å²) in [5.41, 5.74) is 1.31. The van der Waals surface area contributed by atoms with Gasteiger partial charge in [0.05, 0.1) is 0 Å². The molecular weight excluding hydrogens is 334 g/mol. The van der Waals surface area contributed by atoms with Crippen LogP contribution in [0.3, 0.4) is 0 Å². The van der Waals surface area contributed by atoms with Crippen molar-refractivity contribution in [2.45, 2.75) is 45.4 Å². The third kappa shape index (κ3) is 4.75. The molecule has 1 N–H and O–H groups in total. The molecule has 0 saturated heterocycles. The second kappa shape index (κ2) is 8.41. The van der Waals surface area contributed by atoms with Crippen LogP contribution < -0.4 is 5.32 Å². The first-order valence-electron chi connectivity index (χ1n) is 7.85. The Kier molecular flexibility index (Phi) is 6.86. The minimum atomic E-state index is 0.773. The lowest BCUT2D eigenvalue weighted by Crippen LogP contribution is -2.28. The highest BCUT2D eigenvalue weighted by atomic mass is 79.9. The van der Waals surface area contributed by atoms with E-state index >= 15 is 0 Å². The van der Waals surface area contributed by atoms with Gasteiger partial charge in [0, 0.05) is 9.50 Å². The van der Waals surface area contributed by atoms with Crippen molar-refractivity contribution >= 4 is 27.5 Å². The first kappa shape index (κ1) is 16.3. The third-order valence-corrected chi connectivity index (χ3v) is 5.32. The Labute approximate surface area is 136 Å². The number of hydrogen-bond donors (Lipinski definition) is 1. The van der Waals surface area contributed by atoms with Crippen molar-refractivity contribution in [1.82, 2.24) is 5.32 Å². The summed E-state index contributed by atoms with van der Waals surface area (Å²) >= 11 is 9.88. The highest BCUT2D eigenvalue weighted by Gasteiger charge is 2.24. The minimum absolute atomic E-state index is 0.773. The molecule has 1 fully saturated rings. The molecule has 1 aliphatic carbocycles. The molecule has 1 aliphatic rings. The molecule has 2 unspecified atom stereocenters. The highest BCUT2D eigenvalue weighted by molar-refractivity contribution is 9.10. The van der Waals surface area contributed by atoms with Crippen LogP contribution >= 0.6 is 27.5 Å². The molecule has 1 aromatic rings. The van der Waals surface area contributed by atoms with Gasteiger partial charge in [-0.25, -0.2) is 0 Å². The molecule has 0 radical (unpaired) electrons. The molecule has 0 bridgehead atoms. The number of rotatable bonds is 5. The predicted molar refractivity (Wildman–Crippen MR) is 91.5 cm³/mol. The van der Waals surface area contributed by atoms with Crippen molar-refractivity contribution in [3.63, 3.8) is 0 Å². The summed E-state index contributed by atoms with van der Waals surface area (Å²) in [5, 5.41) is 4.45. The fraction of sp³-hybridized carbons (Fsp3) is 0.647. The van der Waals surface area contributed by atoms with Crippen molar-refractivity contribution < 1.29 is 0 Å². The van der Waals surface area contributed by atoms with Crippen molar-refractivity contribution in [2.24, 2.45) is 11.8 Å². The van der Waals surface area contributed by atoms with Gasteiger partial charge in [0.1, 0.15) is 0 Å². The zero-order valence-corrected chi connectivity index (χ0v) is 14.6. The number of nitrogens with one attached hydrogen (secondary N) is 1. The smallest absolute Gasteiger partial charge is 0.0449 e. The van der Waals surface area contributed by atoms with Crippen LogP contribution in [0.25, 0.3) is 0 Å². The van der Waals surface area contributed by atoms with Crippen LogP contribution in [0.4, 0.5) is 0 Å². The third-order valence-electron chi connectivity index (χ3n) is 4.47. The molecule has 3 heteroatoms. The van der Waals surface area contributed by atoms with E-state index in [0.717, 1.165) is 40.8 Å². The highest BCUT2D eigenvalue weighted by Crippen LogP contribution is 2.33. The normalized spacial score (nSPS) is 23.6. The predicted octanol–water partition coefficient (Wildman–Crippen LogP) is 5.45. The molecule has 0 spiro atoms. The van der Waals surface area contributed by atoms with Crippen LogP contribution in [-0.4, -0.2) is 13.1 Å². The molecule has 1 saturated carbocycles. The maximum Gasteiger partial charge on any atom is 0.0449 e. The van der Waals surface area contributed by atoms with Crippen molar-refractivity contribution in [1.29, 1.82) is 0 Å². The largest absolute Gasteiger partial charge is 0.317 e. The Balaban J connectivity index is 2.06. The summed E-state index contributed by atoms with van der Waals surface area (Å²) in [7, 11) is 0. The van der Waals surface area contributed by atoms with Gasteiger partial charge in [-0.2, -0.15) is 0 Å². The zero-order chi connectivity index (χ0) is 14.4. The second-order valence-corrected chi connectivity index (χ2v) is 7.23. The Hall–Kier alpha value is -0.0500. The lowest BCUT2D eigenvalue weighted by molar-refractivity contribution is 0.299. The number of benzene rings is 1. The molecule has 0 amide bonds. The maximum absolute atomic E-state index is 6.40. The van der Waals surface area contributed by atoms with Crippen LogP contribution in [0.2, 0.25) is 5.02 Å². The molecule has 1 nitrogen and oxygen atoms in total. The molecule has 20 heavy (non-hydrogen) atoms. The first-order chi connectivity index (χ1) is 9.70. The summed E-state index contributed by atoms with van der Waals surface area (Å²) in [4.78, 5) is 0. The monoisotopic (exact) mass is 357 g/mol. The minimum Gasteiger partial charge on any atom is -0.317 e. The van der Waals surface area contributed by atoms with Gasteiger partial charge in [-0.05, 0) is 61.9 Å². The maximum atomic E-state index is 6.40. The van der Waals surface area contributed by atoms with Crippen molar-refractivity contribution in [3.05, 3.63) is 33.3 Å². The van der Waals surface area contributed by atoms with Gasteiger partial charge in [-0.1, -0.05) is 59.8 Å². The van der Waals surface area contributed by atoms with Crippen LogP contribution in [0, 0.1) is 11.8 Å². The Morgan fingerprint density at radius 1 is 1.20 bits per heavy atom. The average Bonchev–Trinajstić information content (AvgIpc) is 2.65. The summed E-state index contributed by atoms with van der Waals surface area (Å²) in [6.45, 7) is 4.43. The SMILES string of the molecule is CCNCC1CCCCCC1Cc1ccc(Br)cc1Cl. The zero-order valence-electron chi connectivity index (χ0n) is 12.3. The molecule has 112 valence electrons. The number of halogens is 2. The van der Waals surface area contributed by atoms with Gasteiger partial charge in [0.15, 0.2) is 0 Å². The molecule has 0 heterocycles. The van der Waals surface area contributed by atoms with Crippen LogP contribution in [0.1, 0.15) is 44.6 Å². The van der Waals surface area contributed by atoms with Crippen LogP contribution in [0.15, 0.2) is 22.7 Å². The fourth-order valence-corrected chi connectivity index (χ4v) is 4.05. The standard InChI is InChI=1S/C17H25BrClN/c1-2-20-12-15-7-5-3-4-6-13(15)10-14-8-9-16(18)11-17(14)19/h8-9,11,13,15,20H,2-7,10,12H2,1H3. The van der Waals surface area contributed by atoms with Gasteiger partial charge in [0.25, 0.3) is 0 Å². The molecular formula is C17H25BrClN. The first-order valence-corrected chi connectivity index (χ1v) is 9.02. The Bertz CT molecular complexity index is 421. The Morgan fingerprint density at radius 3 is 2.65 bits per heavy atom. The molecule has 2 rings (SSSR count). The van der Waals surface area contributed by atoms with E-state index in [1.807, 2.05) is 6.07 Å².